The Morgan fingerprint density at radius 2 is 1.93 bits per heavy atom. The van der Waals surface area contributed by atoms with Crippen LogP contribution in [0.1, 0.15) is 26.3 Å². The van der Waals surface area contributed by atoms with Crippen molar-refractivity contribution >= 4 is 11.6 Å². The van der Waals surface area contributed by atoms with Crippen molar-refractivity contribution in [1.29, 1.82) is 5.26 Å². The van der Waals surface area contributed by atoms with E-state index >= 15 is 0 Å². The molecule has 0 radical (unpaired) electrons. The molecule has 1 aromatic rings. The molecule has 0 aliphatic carbocycles. The lowest BCUT2D eigenvalue weighted by atomic mass is 9.90. The summed E-state index contributed by atoms with van der Waals surface area (Å²) < 4.78 is 5.44. The number of nitrogens with zero attached hydrogens (tertiary/aromatic N) is 4. The van der Waals surface area contributed by atoms with Crippen molar-refractivity contribution in [3.05, 3.63) is 29.8 Å². The zero-order valence-electron chi connectivity index (χ0n) is 16.6. The second-order valence-corrected chi connectivity index (χ2v) is 8.44. The predicted molar refractivity (Wildman–Crippen MR) is 106 cm³/mol. The molecular weight excluding hydrogens is 340 g/mol. The zero-order chi connectivity index (χ0) is 19.4. The first kappa shape index (κ1) is 19.8. The maximum Gasteiger partial charge on any atom is 0.241 e. The monoisotopic (exact) mass is 370 g/mol. The Balaban J connectivity index is 1.64. The van der Waals surface area contributed by atoms with Crippen LogP contribution in [-0.2, 0) is 9.53 Å². The second-order valence-electron chi connectivity index (χ2n) is 8.44. The van der Waals surface area contributed by atoms with Gasteiger partial charge in [0.1, 0.15) is 6.07 Å². The minimum atomic E-state index is 0.0676. The molecule has 2 aliphatic heterocycles. The van der Waals surface area contributed by atoms with Crippen LogP contribution >= 0.6 is 0 Å². The summed E-state index contributed by atoms with van der Waals surface area (Å²) in [6.45, 7) is 13.2. The number of morpholine rings is 1. The number of benzene rings is 1. The third-order valence-electron chi connectivity index (χ3n) is 5.41. The lowest BCUT2D eigenvalue weighted by Gasteiger charge is -2.44. The molecule has 2 fully saturated rings. The van der Waals surface area contributed by atoms with Crippen LogP contribution in [0.5, 0.6) is 0 Å². The van der Waals surface area contributed by atoms with E-state index in [1.807, 2.05) is 18.2 Å². The molecule has 1 aromatic carbocycles. The van der Waals surface area contributed by atoms with Gasteiger partial charge < -0.3 is 9.64 Å². The van der Waals surface area contributed by atoms with Gasteiger partial charge in [-0.3, -0.25) is 14.6 Å². The number of carbonyl (C=O) groups is 1. The number of hydrogen-bond acceptors (Lipinski definition) is 5. The molecule has 0 spiro atoms. The van der Waals surface area contributed by atoms with Gasteiger partial charge in [0.25, 0.3) is 0 Å². The fourth-order valence-corrected chi connectivity index (χ4v) is 4.11. The SMILES string of the molecule is C[C@H]1CN(c2ccccc2C#N)C(=O)CN1CC(C)(C)CN1CCOCC1. The molecule has 27 heavy (non-hydrogen) atoms. The van der Waals surface area contributed by atoms with E-state index in [0.29, 0.717) is 18.7 Å². The Morgan fingerprint density at radius 3 is 2.63 bits per heavy atom. The van der Waals surface area contributed by atoms with Gasteiger partial charge in [0.05, 0.1) is 31.0 Å². The molecule has 1 atom stereocenters. The highest BCUT2D eigenvalue weighted by Crippen LogP contribution is 2.27. The molecule has 2 saturated heterocycles. The fraction of sp³-hybridized carbons (Fsp3) is 0.619. The van der Waals surface area contributed by atoms with Crippen molar-refractivity contribution in [2.24, 2.45) is 5.41 Å². The van der Waals surface area contributed by atoms with Crippen LogP contribution in [0, 0.1) is 16.7 Å². The fourth-order valence-electron chi connectivity index (χ4n) is 4.11. The average molecular weight is 370 g/mol. The van der Waals surface area contributed by atoms with Gasteiger partial charge in [-0.2, -0.15) is 5.26 Å². The lowest BCUT2D eigenvalue weighted by Crippen LogP contribution is -2.58. The second kappa shape index (κ2) is 8.39. The number of nitriles is 1. The third-order valence-corrected chi connectivity index (χ3v) is 5.41. The molecule has 6 nitrogen and oxygen atoms in total. The van der Waals surface area contributed by atoms with Gasteiger partial charge in [0.15, 0.2) is 0 Å². The van der Waals surface area contributed by atoms with E-state index in [4.69, 9.17) is 4.74 Å². The number of carbonyl (C=O) groups excluding carboxylic acids is 1. The van der Waals surface area contributed by atoms with Crippen LogP contribution in [0.3, 0.4) is 0 Å². The minimum Gasteiger partial charge on any atom is -0.379 e. The molecule has 3 rings (SSSR count). The number of rotatable bonds is 5. The molecule has 2 aliphatic rings. The van der Waals surface area contributed by atoms with Crippen LogP contribution in [0.15, 0.2) is 24.3 Å². The molecule has 0 bridgehead atoms. The van der Waals surface area contributed by atoms with E-state index in [-0.39, 0.29) is 17.4 Å². The summed E-state index contributed by atoms with van der Waals surface area (Å²) in [6.07, 6.45) is 0. The highest BCUT2D eigenvalue weighted by atomic mass is 16.5. The summed E-state index contributed by atoms with van der Waals surface area (Å²) in [5, 5.41) is 9.35. The van der Waals surface area contributed by atoms with Crippen LogP contribution in [0.2, 0.25) is 0 Å². The van der Waals surface area contributed by atoms with E-state index in [1.54, 1.807) is 11.0 Å². The van der Waals surface area contributed by atoms with Crippen LogP contribution in [0.25, 0.3) is 0 Å². The van der Waals surface area contributed by atoms with Gasteiger partial charge in [-0.05, 0) is 24.5 Å². The molecule has 0 saturated carbocycles. The first-order valence-corrected chi connectivity index (χ1v) is 9.73. The summed E-state index contributed by atoms with van der Waals surface area (Å²) in [4.78, 5) is 19.4. The molecule has 1 amide bonds. The topological polar surface area (TPSA) is 59.8 Å². The maximum atomic E-state index is 12.8. The highest BCUT2D eigenvalue weighted by molar-refractivity contribution is 5.96. The number of anilines is 1. The molecule has 146 valence electrons. The van der Waals surface area contributed by atoms with Crippen LogP contribution < -0.4 is 4.90 Å². The van der Waals surface area contributed by atoms with E-state index in [9.17, 15) is 10.1 Å². The Hall–Kier alpha value is -1.94. The number of ether oxygens (including phenoxy) is 1. The van der Waals surface area contributed by atoms with Crippen molar-refractivity contribution in [3.8, 4) is 6.07 Å². The first-order chi connectivity index (χ1) is 12.9. The maximum absolute atomic E-state index is 12.8. The lowest BCUT2D eigenvalue weighted by molar-refractivity contribution is -0.123. The predicted octanol–water partition coefficient (Wildman–Crippen LogP) is 1.95. The Labute approximate surface area is 162 Å². The number of hydrogen-bond donors (Lipinski definition) is 0. The van der Waals surface area contributed by atoms with E-state index < -0.39 is 0 Å². The van der Waals surface area contributed by atoms with Gasteiger partial charge >= 0.3 is 0 Å². The van der Waals surface area contributed by atoms with Gasteiger partial charge in [-0.15, -0.1) is 0 Å². The Bertz CT molecular complexity index is 706. The Kier molecular flexibility index (Phi) is 6.15. The number of para-hydroxylation sites is 1. The van der Waals surface area contributed by atoms with Gasteiger partial charge in [0, 0.05) is 38.8 Å². The summed E-state index contributed by atoms with van der Waals surface area (Å²) in [5.41, 5.74) is 1.38. The van der Waals surface area contributed by atoms with E-state index in [2.05, 4.69) is 36.6 Å². The third kappa shape index (κ3) is 4.86. The zero-order valence-corrected chi connectivity index (χ0v) is 16.6. The Morgan fingerprint density at radius 1 is 1.22 bits per heavy atom. The van der Waals surface area contributed by atoms with Crippen molar-refractivity contribution in [3.63, 3.8) is 0 Å². The number of piperazine rings is 1. The van der Waals surface area contributed by atoms with Crippen molar-refractivity contribution in [2.75, 3.05) is 57.4 Å². The summed E-state index contributed by atoms with van der Waals surface area (Å²) in [6, 6.07) is 9.79. The smallest absolute Gasteiger partial charge is 0.241 e. The molecule has 0 N–H and O–H groups in total. The van der Waals surface area contributed by atoms with Crippen molar-refractivity contribution in [1.82, 2.24) is 9.80 Å². The highest BCUT2D eigenvalue weighted by Gasteiger charge is 2.35. The van der Waals surface area contributed by atoms with Gasteiger partial charge in [-0.25, -0.2) is 0 Å². The largest absolute Gasteiger partial charge is 0.379 e. The van der Waals surface area contributed by atoms with E-state index in [0.717, 1.165) is 45.1 Å². The molecule has 0 unspecified atom stereocenters. The molecule has 2 heterocycles. The van der Waals surface area contributed by atoms with E-state index in [1.165, 1.54) is 0 Å². The first-order valence-electron chi connectivity index (χ1n) is 9.73. The van der Waals surface area contributed by atoms with Crippen molar-refractivity contribution < 1.29 is 9.53 Å². The van der Waals surface area contributed by atoms with Crippen LogP contribution in [0.4, 0.5) is 5.69 Å². The van der Waals surface area contributed by atoms with Crippen molar-refractivity contribution in [2.45, 2.75) is 26.8 Å². The summed E-state index contributed by atoms with van der Waals surface area (Å²) in [7, 11) is 0. The van der Waals surface area contributed by atoms with Gasteiger partial charge in [0.2, 0.25) is 5.91 Å². The molecule has 0 aromatic heterocycles. The average Bonchev–Trinajstić information content (AvgIpc) is 2.64. The van der Waals surface area contributed by atoms with Gasteiger partial charge in [-0.1, -0.05) is 26.0 Å². The normalized spacial score (nSPS) is 22.7. The molecular formula is C21H30N4O2. The summed E-state index contributed by atoms with van der Waals surface area (Å²) >= 11 is 0. The number of amides is 1. The minimum absolute atomic E-state index is 0.0676. The summed E-state index contributed by atoms with van der Waals surface area (Å²) in [5.74, 6) is 0.0676. The standard InChI is InChI=1S/C21H30N4O2/c1-17-13-25(19-7-5-4-6-18(19)12-22)20(26)14-24(17)16-21(2,3)15-23-8-10-27-11-9-23/h4-7,17H,8-11,13-16H2,1-3H3/t17-/m0/s1. The molecule has 6 heteroatoms. The van der Waals surface area contributed by atoms with Crippen LogP contribution in [-0.4, -0.2) is 74.2 Å². The quantitative estimate of drug-likeness (QED) is 0.793.